The Hall–Kier alpha value is -3.27. The first kappa shape index (κ1) is 21.0. The number of fused-ring (bicyclic) bond motifs is 2. The van der Waals surface area contributed by atoms with E-state index in [1.54, 1.807) is 4.90 Å². The van der Waals surface area contributed by atoms with Crippen LogP contribution in [0.3, 0.4) is 0 Å². The number of carbonyl (C=O) groups is 1. The second-order valence-corrected chi connectivity index (χ2v) is 8.93. The summed E-state index contributed by atoms with van der Waals surface area (Å²) >= 11 is 0. The highest BCUT2D eigenvalue weighted by molar-refractivity contribution is 5.86. The van der Waals surface area contributed by atoms with Crippen LogP contribution in [-0.4, -0.2) is 29.2 Å². The lowest BCUT2D eigenvalue weighted by atomic mass is 9.98. The predicted molar refractivity (Wildman–Crippen MR) is 125 cm³/mol. The maximum absolute atomic E-state index is 13.3. The number of hydrogen-bond donors (Lipinski definition) is 0. The highest BCUT2D eigenvalue weighted by Crippen LogP contribution is 2.31. The molecule has 4 rings (SSSR count). The van der Waals surface area contributed by atoms with Crippen molar-refractivity contribution in [3.63, 3.8) is 0 Å². The van der Waals surface area contributed by atoms with Crippen LogP contribution in [-0.2, 0) is 4.74 Å². The van der Waals surface area contributed by atoms with Crippen LogP contribution in [0, 0.1) is 0 Å². The Morgan fingerprint density at radius 1 is 1.03 bits per heavy atom. The van der Waals surface area contributed by atoms with Crippen LogP contribution in [0.5, 0.6) is 5.75 Å². The lowest BCUT2D eigenvalue weighted by Crippen LogP contribution is -2.43. The summed E-state index contributed by atoms with van der Waals surface area (Å²) in [5.74, 6) is 0.831. The Balaban J connectivity index is 1.65. The molecule has 4 heteroatoms. The van der Waals surface area contributed by atoms with Crippen LogP contribution in [0.1, 0.15) is 44.9 Å². The van der Waals surface area contributed by atoms with Crippen molar-refractivity contribution in [1.29, 1.82) is 0 Å². The molecule has 160 valence electrons. The molecule has 0 spiro atoms. The molecule has 4 nitrogen and oxygen atoms in total. The van der Waals surface area contributed by atoms with Crippen LogP contribution in [0.2, 0.25) is 0 Å². The predicted octanol–water partition coefficient (Wildman–Crippen LogP) is 6.61. The zero-order valence-corrected chi connectivity index (χ0v) is 18.5. The van der Waals surface area contributed by atoms with E-state index in [2.05, 4.69) is 30.3 Å². The Morgan fingerprint density at radius 3 is 2.55 bits per heavy atom. The van der Waals surface area contributed by atoms with Gasteiger partial charge in [0.05, 0.1) is 12.6 Å². The third kappa shape index (κ3) is 4.74. The third-order valence-electron chi connectivity index (χ3n) is 5.43. The summed E-state index contributed by atoms with van der Waals surface area (Å²) < 4.78 is 12.0. The molecule has 0 radical (unpaired) electrons. The van der Waals surface area contributed by atoms with Crippen LogP contribution in [0.25, 0.3) is 16.8 Å². The highest BCUT2D eigenvalue weighted by Gasteiger charge is 2.30. The Kier molecular flexibility index (Phi) is 5.73. The normalized spacial score (nSPS) is 16.3. The van der Waals surface area contributed by atoms with Crippen molar-refractivity contribution in [2.75, 3.05) is 6.54 Å². The second-order valence-electron chi connectivity index (χ2n) is 8.93. The van der Waals surface area contributed by atoms with E-state index in [9.17, 15) is 4.79 Å². The fraction of sp³-hybridized carbons (Fsp3) is 0.296. The molecule has 1 amide bonds. The monoisotopic (exact) mass is 415 g/mol. The molecule has 2 atom stereocenters. The molecule has 0 aliphatic carbocycles. The van der Waals surface area contributed by atoms with E-state index in [1.165, 1.54) is 0 Å². The van der Waals surface area contributed by atoms with E-state index in [-0.39, 0.29) is 18.2 Å². The summed E-state index contributed by atoms with van der Waals surface area (Å²) in [6.07, 6.45) is 3.47. The first-order valence-corrected chi connectivity index (χ1v) is 10.7. The van der Waals surface area contributed by atoms with Crippen molar-refractivity contribution < 1.29 is 14.3 Å². The van der Waals surface area contributed by atoms with E-state index in [0.29, 0.717) is 6.54 Å². The van der Waals surface area contributed by atoms with Crippen LogP contribution in [0.15, 0.2) is 72.8 Å². The van der Waals surface area contributed by atoms with Gasteiger partial charge in [-0.15, -0.1) is 0 Å². The Morgan fingerprint density at radius 2 is 1.74 bits per heavy atom. The van der Waals surface area contributed by atoms with E-state index in [4.69, 9.17) is 9.47 Å². The summed E-state index contributed by atoms with van der Waals surface area (Å²) in [5, 5.41) is 2.29. The number of hydrogen-bond acceptors (Lipinski definition) is 3. The van der Waals surface area contributed by atoms with Crippen molar-refractivity contribution in [2.45, 2.75) is 45.4 Å². The molecule has 31 heavy (non-hydrogen) atoms. The number of nitrogens with zero attached hydrogens (tertiary/aromatic N) is 1. The molecule has 3 aromatic rings. The van der Waals surface area contributed by atoms with Gasteiger partial charge in [-0.3, -0.25) is 4.90 Å². The molecule has 0 unspecified atom stereocenters. The van der Waals surface area contributed by atoms with E-state index in [0.717, 1.165) is 27.6 Å². The van der Waals surface area contributed by atoms with Gasteiger partial charge in [0.1, 0.15) is 17.5 Å². The molecule has 0 N–H and O–H groups in total. The summed E-state index contributed by atoms with van der Waals surface area (Å²) in [6, 6.07) is 22.2. The number of ether oxygens (including phenoxy) is 2. The third-order valence-corrected chi connectivity index (χ3v) is 5.43. The fourth-order valence-electron chi connectivity index (χ4n) is 3.92. The van der Waals surface area contributed by atoms with Gasteiger partial charge in [0.15, 0.2) is 0 Å². The molecular formula is C27H29NO3. The quantitative estimate of drug-likeness (QED) is 0.481. The van der Waals surface area contributed by atoms with Gasteiger partial charge in [-0.25, -0.2) is 4.79 Å². The number of rotatable bonds is 4. The lowest BCUT2D eigenvalue weighted by Gasteiger charge is -2.35. The van der Waals surface area contributed by atoms with Gasteiger partial charge < -0.3 is 9.47 Å². The minimum atomic E-state index is -0.580. The van der Waals surface area contributed by atoms with Crippen molar-refractivity contribution in [3.05, 3.63) is 83.9 Å². The minimum absolute atomic E-state index is 0.185. The van der Waals surface area contributed by atoms with Crippen molar-refractivity contribution in [1.82, 2.24) is 4.90 Å². The minimum Gasteiger partial charge on any atom is -0.484 e. The molecular weight excluding hydrogens is 386 g/mol. The van der Waals surface area contributed by atoms with Crippen molar-refractivity contribution >= 4 is 22.9 Å². The molecule has 0 saturated heterocycles. The van der Waals surface area contributed by atoms with E-state index >= 15 is 0 Å². The topological polar surface area (TPSA) is 38.8 Å². The second kappa shape index (κ2) is 8.46. The molecule has 0 aromatic heterocycles. The number of benzene rings is 3. The lowest BCUT2D eigenvalue weighted by molar-refractivity contribution is 0.0110. The van der Waals surface area contributed by atoms with Gasteiger partial charge in [0.25, 0.3) is 0 Å². The van der Waals surface area contributed by atoms with Gasteiger partial charge >= 0.3 is 6.09 Å². The Labute approximate surface area is 184 Å². The molecule has 0 saturated carbocycles. The fourth-order valence-corrected chi connectivity index (χ4v) is 3.92. The summed E-state index contributed by atoms with van der Waals surface area (Å²) in [7, 11) is 0. The maximum Gasteiger partial charge on any atom is 0.410 e. The smallest absolute Gasteiger partial charge is 0.410 e. The van der Waals surface area contributed by atoms with Gasteiger partial charge in [-0.1, -0.05) is 66.7 Å². The van der Waals surface area contributed by atoms with Crippen molar-refractivity contribution in [2.24, 2.45) is 0 Å². The summed E-state index contributed by atoms with van der Waals surface area (Å²) in [6.45, 7) is 8.10. The van der Waals surface area contributed by atoms with Gasteiger partial charge in [0, 0.05) is 5.56 Å². The first-order valence-electron chi connectivity index (χ1n) is 10.7. The molecule has 1 heterocycles. The van der Waals surface area contributed by atoms with E-state index < -0.39 is 5.60 Å². The largest absolute Gasteiger partial charge is 0.484 e. The zero-order chi connectivity index (χ0) is 22.0. The molecule has 3 aromatic carbocycles. The van der Waals surface area contributed by atoms with Gasteiger partial charge in [-0.2, -0.15) is 0 Å². The highest BCUT2D eigenvalue weighted by atomic mass is 16.6. The number of para-hydroxylation sites is 1. The van der Waals surface area contributed by atoms with Gasteiger partial charge in [-0.05, 0) is 56.2 Å². The molecule has 0 fully saturated rings. The van der Waals surface area contributed by atoms with Crippen LogP contribution >= 0.6 is 0 Å². The zero-order valence-electron chi connectivity index (χ0n) is 18.5. The van der Waals surface area contributed by atoms with Gasteiger partial charge in [0.2, 0.25) is 0 Å². The summed E-state index contributed by atoms with van der Waals surface area (Å²) in [5.41, 5.74) is 1.55. The molecule has 1 aliphatic heterocycles. The molecule has 1 aliphatic rings. The van der Waals surface area contributed by atoms with E-state index in [1.807, 2.05) is 76.2 Å². The Bertz CT molecular complexity index is 1110. The number of carbonyl (C=O) groups excluding carboxylic acids is 1. The standard InChI is InChI=1S/C27H29NO3/c1-19(23-14-9-12-20-10-5-7-13-24(20)23)28(26(29)31-27(2,3)4)18-22-17-16-21-11-6-8-15-25(21)30-22/h5-17,19,22H,18H2,1-4H3/t19-,22-/m1/s1. The van der Waals surface area contributed by atoms with Crippen LogP contribution < -0.4 is 4.74 Å². The molecule has 0 bridgehead atoms. The number of amides is 1. The SMILES string of the molecule is C[C@H](c1cccc2ccccc12)N(C[C@H]1C=Cc2ccccc2O1)C(=O)OC(C)(C)C. The average Bonchev–Trinajstić information content (AvgIpc) is 2.75. The first-order chi connectivity index (χ1) is 14.8. The maximum atomic E-state index is 13.3. The van der Waals surface area contributed by atoms with Crippen LogP contribution in [0.4, 0.5) is 4.79 Å². The summed E-state index contributed by atoms with van der Waals surface area (Å²) in [4.78, 5) is 15.0. The van der Waals surface area contributed by atoms with Crippen molar-refractivity contribution in [3.8, 4) is 5.75 Å². The average molecular weight is 416 g/mol.